The Balaban J connectivity index is 1.13. The number of Topliss-reactive ketones (excluding diaryl/α,β-unsaturated/α-hetero) is 1. The molecule has 4 aromatic rings. The number of hydrogen-bond donors (Lipinski definition) is 1. The smallest absolute Gasteiger partial charge is 0.230 e. The first-order chi connectivity index (χ1) is 18.0. The lowest BCUT2D eigenvalue weighted by Crippen LogP contribution is -2.14. The highest BCUT2D eigenvalue weighted by Crippen LogP contribution is 2.21. The minimum atomic E-state index is -0.174. The predicted octanol–water partition coefficient (Wildman–Crippen LogP) is 5.75. The molecule has 0 atom stereocenters. The van der Waals surface area contributed by atoms with Gasteiger partial charge in [-0.25, -0.2) is 0 Å². The zero-order chi connectivity index (χ0) is 26.0. The summed E-state index contributed by atoms with van der Waals surface area (Å²) in [6, 6.07) is 14.7. The van der Waals surface area contributed by atoms with E-state index in [1.807, 2.05) is 36.4 Å². The summed E-state index contributed by atoms with van der Waals surface area (Å²) in [5, 5.41) is 23.6. The molecular weight excluding hydrogens is 569 g/mol. The van der Waals surface area contributed by atoms with E-state index >= 15 is 0 Å². The maximum atomic E-state index is 12.4. The number of halogens is 2. The molecule has 0 bridgehead atoms. The van der Waals surface area contributed by atoms with Crippen molar-refractivity contribution < 1.29 is 9.59 Å². The van der Waals surface area contributed by atoms with Crippen LogP contribution in [0.1, 0.15) is 26.1 Å². The zero-order valence-electron chi connectivity index (χ0n) is 19.7. The summed E-state index contributed by atoms with van der Waals surface area (Å²) in [5.74, 6) is 1.67. The van der Waals surface area contributed by atoms with E-state index in [0.29, 0.717) is 21.6 Å². The number of amides is 1. The number of nitrogens with one attached hydrogen (secondary N) is 1. The number of anilines is 1. The lowest BCUT2D eigenvalue weighted by atomic mass is 10.1. The second-order valence-corrected chi connectivity index (χ2v) is 12.3. The van der Waals surface area contributed by atoms with Crippen molar-refractivity contribution in [3.05, 3.63) is 84.7 Å². The normalized spacial score (nSPS) is 11.0. The van der Waals surface area contributed by atoms with Crippen LogP contribution >= 0.6 is 57.6 Å². The Morgan fingerprint density at radius 3 is 1.97 bits per heavy atom. The van der Waals surface area contributed by atoms with Crippen LogP contribution in [0.2, 0.25) is 10.0 Å². The number of nitrogens with zero attached hydrogens (tertiary/aromatic N) is 4. The number of hydrogen-bond acceptors (Lipinski definition) is 9. The van der Waals surface area contributed by atoms with E-state index in [2.05, 4.69) is 25.7 Å². The molecule has 0 saturated carbocycles. The van der Waals surface area contributed by atoms with Gasteiger partial charge >= 0.3 is 0 Å². The molecule has 0 aliphatic rings. The number of carbonyl (C=O) groups excluding carboxylic acids is 2. The van der Waals surface area contributed by atoms with E-state index < -0.39 is 0 Å². The van der Waals surface area contributed by atoms with Gasteiger partial charge in [0.1, 0.15) is 20.8 Å². The Labute approximate surface area is 237 Å². The highest BCUT2D eigenvalue weighted by Gasteiger charge is 2.13. The number of aromatic nitrogens is 4. The molecule has 0 spiro atoms. The van der Waals surface area contributed by atoms with Crippen LogP contribution in [0, 0.1) is 0 Å². The van der Waals surface area contributed by atoms with Crippen molar-refractivity contribution in [1.82, 2.24) is 20.4 Å². The lowest BCUT2D eigenvalue weighted by molar-refractivity contribution is -0.118. The van der Waals surface area contributed by atoms with E-state index in [-0.39, 0.29) is 24.5 Å². The molecule has 37 heavy (non-hydrogen) atoms. The van der Waals surface area contributed by atoms with E-state index in [0.717, 1.165) is 50.5 Å². The van der Waals surface area contributed by atoms with Crippen molar-refractivity contribution in [1.29, 1.82) is 0 Å². The summed E-state index contributed by atoms with van der Waals surface area (Å²) in [6.45, 7) is 0. The molecule has 2 heterocycles. The molecule has 1 amide bonds. The van der Waals surface area contributed by atoms with E-state index in [4.69, 9.17) is 23.2 Å². The average molecular weight is 593 g/mol. The van der Waals surface area contributed by atoms with Crippen molar-refractivity contribution in [3.8, 4) is 0 Å². The average Bonchev–Trinajstić information content (AvgIpc) is 3.51. The van der Waals surface area contributed by atoms with Crippen molar-refractivity contribution >= 4 is 74.5 Å². The van der Waals surface area contributed by atoms with Gasteiger partial charge in [-0.05, 0) is 34.8 Å². The van der Waals surface area contributed by atoms with Crippen LogP contribution in [0.5, 0.6) is 0 Å². The van der Waals surface area contributed by atoms with Gasteiger partial charge in [0, 0.05) is 29.3 Å². The van der Waals surface area contributed by atoms with Gasteiger partial charge in [0.05, 0.1) is 12.8 Å². The Morgan fingerprint density at radius 1 is 0.730 bits per heavy atom. The van der Waals surface area contributed by atoms with E-state index in [1.54, 1.807) is 23.9 Å². The number of aryl methyl sites for hydroxylation is 2. The summed E-state index contributed by atoms with van der Waals surface area (Å²) in [4.78, 5) is 24.6. The largest absolute Gasteiger partial charge is 0.300 e. The summed E-state index contributed by atoms with van der Waals surface area (Å²) in [7, 11) is 0. The standard InChI is InChI=1S/C25H23Cl2N5O2S3/c26-19-7-3-1-5-16(19)13-18(33)15-24-31-29-22(36-24)9-11-35-12-10-23-30-32-25(37-23)28-21(34)14-17-6-2-4-8-20(17)27/h1-8H,9-15H2,(H,28,32,34). The second-order valence-electron chi connectivity index (χ2n) is 8.00. The van der Waals surface area contributed by atoms with E-state index in [9.17, 15) is 9.59 Å². The molecule has 0 radical (unpaired) electrons. The van der Waals surface area contributed by atoms with Crippen molar-refractivity contribution in [3.63, 3.8) is 0 Å². The Bertz CT molecular complexity index is 1260. The molecule has 7 nitrogen and oxygen atoms in total. The minimum Gasteiger partial charge on any atom is -0.300 e. The van der Waals surface area contributed by atoms with Gasteiger partial charge in [-0.15, -0.1) is 31.7 Å². The third-order valence-electron chi connectivity index (χ3n) is 5.15. The molecule has 0 unspecified atom stereocenters. The number of thioether (sulfide) groups is 1. The molecule has 4 rings (SSSR count). The molecular formula is C25H23Cl2N5O2S3. The van der Waals surface area contributed by atoms with Crippen LogP contribution in [-0.2, 0) is 41.7 Å². The summed E-state index contributed by atoms with van der Waals surface area (Å²) in [6.07, 6.45) is 2.31. The SMILES string of the molecule is O=C(Cc1nnc(CCSCCc2nnc(NC(=O)Cc3ccccc3Cl)s2)s1)Cc1ccccc1Cl. The van der Waals surface area contributed by atoms with Crippen LogP contribution in [0.3, 0.4) is 0 Å². The van der Waals surface area contributed by atoms with Gasteiger partial charge in [0.2, 0.25) is 11.0 Å². The van der Waals surface area contributed by atoms with Crippen molar-refractivity contribution in [2.24, 2.45) is 0 Å². The van der Waals surface area contributed by atoms with Gasteiger partial charge in [0.15, 0.2) is 0 Å². The number of rotatable bonds is 13. The highest BCUT2D eigenvalue weighted by atomic mass is 35.5. The number of benzene rings is 2. The third kappa shape index (κ3) is 8.86. The van der Waals surface area contributed by atoms with Crippen LogP contribution in [0.25, 0.3) is 0 Å². The molecule has 0 aliphatic heterocycles. The van der Waals surface area contributed by atoms with E-state index in [1.165, 1.54) is 22.7 Å². The third-order valence-corrected chi connectivity index (χ3v) is 8.75. The molecule has 12 heteroatoms. The topological polar surface area (TPSA) is 97.7 Å². The molecule has 2 aromatic heterocycles. The van der Waals surface area contributed by atoms with Gasteiger partial charge in [-0.2, -0.15) is 11.8 Å². The van der Waals surface area contributed by atoms with Crippen LogP contribution in [0.4, 0.5) is 5.13 Å². The fourth-order valence-electron chi connectivity index (χ4n) is 3.35. The lowest BCUT2D eigenvalue weighted by Gasteiger charge is -2.03. The zero-order valence-corrected chi connectivity index (χ0v) is 23.6. The van der Waals surface area contributed by atoms with Gasteiger partial charge in [-0.3, -0.25) is 9.59 Å². The van der Waals surface area contributed by atoms with Crippen molar-refractivity contribution in [2.45, 2.75) is 32.1 Å². The molecule has 192 valence electrons. The maximum absolute atomic E-state index is 12.4. The number of ketones is 1. The first-order valence-corrected chi connectivity index (χ1v) is 15.0. The maximum Gasteiger partial charge on any atom is 0.230 e. The molecule has 2 aromatic carbocycles. The number of carbonyl (C=O) groups is 2. The fourth-order valence-corrected chi connectivity index (χ4v) is 6.52. The Hall–Kier alpha value is -2.37. The monoisotopic (exact) mass is 591 g/mol. The summed E-state index contributed by atoms with van der Waals surface area (Å²) < 4.78 is 0. The second kappa shape index (κ2) is 14.0. The molecule has 0 aliphatic carbocycles. The summed E-state index contributed by atoms with van der Waals surface area (Å²) in [5.41, 5.74) is 1.60. The van der Waals surface area contributed by atoms with Crippen molar-refractivity contribution in [2.75, 3.05) is 16.8 Å². The molecule has 1 N–H and O–H groups in total. The first-order valence-electron chi connectivity index (χ1n) is 11.5. The van der Waals surface area contributed by atoms with Gasteiger partial charge in [-0.1, -0.05) is 70.9 Å². The van der Waals surface area contributed by atoms with Crippen LogP contribution in [0.15, 0.2) is 48.5 Å². The minimum absolute atomic E-state index is 0.0710. The van der Waals surface area contributed by atoms with Gasteiger partial charge < -0.3 is 5.32 Å². The fraction of sp³-hybridized carbons (Fsp3) is 0.280. The van der Waals surface area contributed by atoms with Crippen LogP contribution < -0.4 is 5.32 Å². The van der Waals surface area contributed by atoms with Gasteiger partial charge in [0.25, 0.3) is 0 Å². The van der Waals surface area contributed by atoms with Crippen LogP contribution in [-0.4, -0.2) is 43.6 Å². The first kappa shape index (κ1) is 27.7. The molecule has 0 saturated heterocycles. The Morgan fingerprint density at radius 2 is 1.30 bits per heavy atom. The molecule has 0 fully saturated rings. The predicted molar refractivity (Wildman–Crippen MR) is 152 cm³/mol. The summed E-state index contributed by atoms with van der Waals surface area (Å²) >= 11 is 16.9. The highest BCUT2D eigenvalue weighted by molar-refractivity contribution is 7.99. The Kier molecular flexibility index (Phi) is 10.4. The quantitative estimate of drug-likeness (QED) is 0.198.